The Morgan fingerprint density at radius 1 is 1.31 bits per heavy atom. The first-order chi connectivity index (χ1) is 7.44. The molecule has 0 heterocycles. The highest BCUT2D eigenvalue weighted by molar-refractivity contribution is 9.09. The Morgan fingerprint density at radius 3 is 2.56 bits per heavy atom. The Bertz CT molecular complexity index is 350. The average Bonchev–Trinajstić information content (AvgIpc) is 2.17. The Kier molecular flexibility index (Phi) is 5.18. The van der Waals surface area contributed by atoms with Gasteiger partial charge in [0.05, 0.1) is 0 Å². The standard InChI is InChI=1S/C11H12BrF3S/c1-8-4-2-5-9(6-3-7-12)10(8)16-11(13,14)15/h2,4-5H,3,6-7H2,1H3. The van der Waals surface area contributed by atoms with E-state index in [2.05, 4.69) is 15.9 Å². The summed E-state index contributed by atoms with van der Waals surface area (Å²) in [6, 6.07) is 5.29. The normalized spacial score (nSPS) is 11.8. The van der Waals surface area contributed by atoms with Crippen molar-refractivity contribution in [3.8, 4) is 0 Å². The van der Waals surface area contributed by atoms with Crippen LogP contribution in [0.1, 0.15) is 17.5 Å². The lowest BCUT2D eigenvalue weighted by molar-refractivity contribution is -0.0328. The van der Waals surface area contributed by atoms with Gasteiger partial charge in [-0.3, -0.25) is 0 Å². The molecule has 0 saturated heterocycles. The Morgan fingerprint density at radius 2 is 2.00 bits per heavy atom. The summed E-state index contributed by atoms with van der Waals surface area (Å²) in [5, 5.41) is 0.803. The van der Waals surface area contributed by atoms with Gasteiger partial charge in [0.15, 0.2) is 0 Å². The van der Waals surface area contributed by atoms with Crippen LogP contribution in [0.5, 0.6) is 0 Å². The van der Waals surface area contributed by atoms with E-state index in [0.717, 1.165) is 17.3 Å². The molecule has 0 radical (unpaired) electrons. The number of rotatable bonds is 4. The molecule has 0 aliphatic heterocycles. The summed E-state index contributed by atoms with van der Waals surface area (Å²) in [5.41, 5.74) is -2.74. The number of aryl methyl sites for hydroxylation is 2. The fourth-order valence-electron chi connectivity index (χ4n) is 1.43. The molecule has 0 atom stereocenters. The molecule has 0 spiro atoms. The lowest BCUT2D eigenvalue weighted by Crippen LogP contribution is -2.03. The van der Waals surface area contributed by atoms with Gasteiger partial charge in [-0.25, -0.2) is 0 Å². The van der Waals surface area contributed by atoms with Crippen molar-refractivity contribution in [1.29, 1.82) is 0 Å². The number of alkyl halides is 4. The van der Waals surface area contributed by atoms with Gasteiger partial charge in [0, 0.05) is 10.2 Å². The van der Waals surface area contributed by atoms with Crippen LogP contribution in [-0.2, 0) is 6.42 Å². The molecule has 1 aromatic carbocycles. The van der Waals surface area contributed by atoms with E-state index < -0.39 is 5.51 Å². The van der Waals surface area contributed by atoms with Gasteiger partial charge in [0.25, 0.3) is 0 Å². The number of halogens is 4. The van der Waals surface area contributed by atoms with E-state index in [0.29, 0.717) is 16.9 Å². The fraction of sp³-hybridized carbons (Fsp3) is 0.455. The summed E-state index contributed by atoms with van der Waals surface area (Å²) >= 11 is 3.27. The maximum atomic E-state index is 12.4. The minimum absolute atomic E-state index is 0.0109. The van der Waals surface area contributed by atoms with Crippen molar-refractivity contribution in [3.63, 3.8) is 0 Å². The first-order valence-electron chi connectivity index (χ1n) is 4.84. The van der Waals surface area contributed by atoms with E-state index in [1.165, 1.54) is 0 Å². The number of hydrogen-bond acceptors (Lipinski definition) is 1. The van der Waals surface area contributed by atoms with Gasteiger partial charge < -0.3 is 0 Å². The molecule has 5 heteroatoms. The quantitative estimate of drug-likeness (QED) is 0.561. The zero-order valence-corrected chi connectivity index (χ0v) is 11.2. The van der Waals surface area contributed by atoms with Crippen molar-refractivity contribution in [2.24, 2.45) is 0 Å². The highest BCUT2D eigenvalue weighted by Crippen LogP contribution is 2.40. The largest absolute Gasteiger partial charge is 0.446 e. The van der Waals surface area contributed by atoms with Gasteiger partial charge in [-0.05, 0) is 42.7 Å². The third-order valence-corrected chi connectivity index (χ3v) is 3.67. The van der Waals surface area contributed by atoms with Crippen LogP contribution < -0.4 is 0 Å². The molecule has 0 aliphatic carbocycles. The molecule has 1 rings (SSSR count). The number of benzene rings is 1. The molecule has 0 fully saturated rings. The molecule has 0 aliphatic rings. The summed E-state index contributed by atoms with van der Waals surface area (Å²) in [6.45, 7) is 1.71. The van der Waals surface area contributed by atoms with Crippen molar-refractivity contribution in [1.82, 2.24) is 0 Å². The van der Waals surface area contributed by atoms with Crippen molar-refractivity contribution in [2.45, 2.75) is 30.2 Å². The zero-order valence-electron chi connectivity index (χ0n) is 8.77. The summed E-state index contributed by atoms with van der Waals surface area (Å²) in [5.74, 6) is 0. The molecule has 0 unspecified atom stereocenters. The number of hydrogen-bond donors (Lipinski definition) is 0. The lowest BCUT2D eigenvalue weighted by Gasteiger charge is -2.13. The van der Waals surface area contributed by atoms with Crippen LogP contribution in [0.3, 0.4) is 0 Å². The van der Waals surface area contributed by atoms with E-state index in [4.69, 9.17) is 0 Å². The SMILES string of the molecule is Cc1cccc(CCCBr)c1SC(F)(F)F. The van der Waals surface area contributed by atoms with Gasteiger partial charge in [-0.2, -0.15) is 13.2 Å². The first-order valence-corrected chi connectivity index (χ1v) is 6.78. The molecular weight excluding hydrogens is 301 g/mol. The second-order valence-corrected chi connectivity index (χ2v) is 5.27. The van der Waals surface area contributed by atoms with Crippen molar-refractivity contribution in [3.05, 3.63) is 29.3 Å². The van der Waals surface area contributed by atoms with E-state index in [9.17, 15) is 13.2 Å². The Labute approximate surface area is 106 Å². The van der Waals surface area contributed by atoms with Crippen LogP contribution in [0.2, 0.25) is 0 Å². The summed E-state index contributed by atoms with van der Waals surface area (Å²) in [7, 11) is 0. The van der Waals surface area contributed by atoms with Gasteiger partial charge in [0.2, 0.25) is 0 Å². The molecular formula is C11H12BrF3S. The van der Waals surface area contributed by atoms with Crippen LogP contribution in [0, 0.1) is 6.92 Å². The van der Waals surface area contributed by atoms with E-state index in [-0.39, 0.29) is 11.8 Å². The molecule has 0 aromatic heterocycles. The van der Waals surface area contributed by atoms with E-state index in [1.807, 2.05) is 0 Å². The Hall–Kier alpha value is -0.160. The molecule has 0 nitrogen and oxygen atoms in total. The second kappa shape index (κ2) is 5.96. The molecule has 90 valence electrons. The third kappa shape index (κ3) is 4.37. The monoisotopic (exact) mass is 312 g/mol. The van der Waals surface area contributed by atoms with Crippen LogP contribution in [-0.4, -0.2) is 10.8 Å². The molecule has 16 heavy (non-hydrogen) atoms. The predicted octanol–water partition coefficient (Wildman–Crippen LogP) is 4.93. The van der Waals surface area contributed by atoms with Crippen molar-refractivity contribution < 1.29 is 13.2 Å². The second-order valence-electron chi connectivity index (χ2n) is 3.40. The van der Waals surface area contributed by atoms with Crippen molar-refractivity contribution in [2.75, 3.05) is 5.33 Å². The highest BCUT2D eigenvalue weighted by atomic mass is 79.9. The summed E-state index contributed by atoms with van der Waals surface area (Å²) in [6.07, 6.45) is 1.51. The fourth-order valence-corrected chi connectivity index (χ4v) is 2.47. The predicted molar refractivity (Wildman–Crippen MR) is 65.2 cm³/mol. The average molecular weight is 313 g/mol. The molecule has 0 bridgehead atoms. The van der Waals surface area contributed by atoms with Crippen LogP contribution >= 0.6 is 27.7 Å². The Balaban J connectivity index is 2.94. The van der Waals surface area contributed by atoms with E-state index in [1.54, 1.807) is 25.1 Å². The maximum absolute atomic E-state index is 12.4. The van der Waals surface area contributed by atoms with Gasteiger partial charge in [-0.1, -0.05) is 34.1 Å². The highest BCUT2D eigenvalue weighted by Gasteiger charge is 2.30. The lowest BCUT2D eigenvalue weighted by atomic mass is 10.1. The third-order valence-electron chi connectivity index (χ3n) is 2.09. The van der Waals surface area contributed by atoms with Gasteiger partial charge in [0.1, 0.15) is 0 Å². The minimum Gasteiger partial charge on any atom is -0.160 e. The molecule has 0 N–H and O–H groups in total. The van der Waals surface area contributed by atoms with Gasteiger partial charge in [-0.15, -0.1) is 0 Å². The maximum Gasteiger partial charge on any atom is 0.446 e. The minimum atomic E-state index is -4.21. The molecule has 0 amide bonds. The zero-order chi connectivity index (χ0) is 12.2. The first kappa shape index (κ1) is 13.9. The number of thioether (sulfide) groups is 1. The molecule has 0 saturated carbocycles. The van der Waals surface area contributed by atoms with Crippen LogP contribution in [0.4, 0.5) is 13.2 Å². The summed E-state index contributed by atoms with van der Waals surface area (Å²) in [4.78, 5) is 0.357. The molecule has 1 aromatic rings. The van der Waals surface area contributed by atoms with Crippen LogP contribution in [0.15, 0.2) is 23.1 Å². The summed E-state index contributed by atoms with van der Waals surface area (Å²) < 4.78 is 37.1. The van der Waals surface area contributed by atoms with Crippen molar-refractivity contribution >= 4 is 27.7 Å². The van der Waals surface area contributed by atoms with E-state index >= 15 is 0 Å². The van der Waals surface area contributed by atoms with Crippen LogP contribution in [0.25, 0.3) is 0 Å². The topological polar surface area (TPSA) is 0 Å². The smallest absolute Gasteiger partial charge is 0.160 e. The van der Waals surface area contributed by atoms with Gasteiger partial charge >= 0.3 is 5.51 Å².